The molecule has 0 bridgehead atoms. The van der Waals surface area contributed by atoms with Gasteiger partial charge in [-0.3, -0.25) is 0 Å². The van der Waals surface area contributed by atoms with Gasteiger partial charge in [-0.1, -0.05) is 36.4 Å². The summed E-state index contributed by atoms with van der Waals surface area (Å²) in [6, 6.07) is 13.6. The fourth-order valence-corrected chi connectivity index (χ4v) is 2.54. The van der Waals surface area contributed by atoms with Gasteiger partial charge in [0, 0.05) is 11.9 Å². The largest absolute Gasteiger partial charge is 0.394 e. The quantitative estimate of drug-likeness (QED) is 0.888. The minimum atomic E-state index is -0.294. The second-order valence-corrected chi connectivity index (χ2v) is 5.08. The Hall–Kier alpha value is -2.11. The molecule has 0 radical (unpaired) electrons. The summed E-state index contributed by atoms with van der Waals surface area (Å²) >= 11 is 0. The Morgan fingerprint density at radius 2 is 2.10 bits per heavy atom. The molecule has 5 nitrogen and oxygen atoms in total. The molecule has 0 saturated carbocycles. The Kier molecular flexibility index (Phi) is 4.03. The molecule has 2 amide bonds. The van der Waals surface area contributed by atoms with Crippen molar-refractivity contribution in [3.63, 3.8) is 0 Å². The van der Waals surface area contributed by atoms with Crippen LogP contribution >= 0.6 is 0 Å². The van der Waals surface area contributed by atoms with E-state index in [0.717, 1.165) is 16.5 Å². The van der Waals surface area contributed by atoms with E-state index in [1.165, 1.54) is 0 Å². The molecule has 2 N–H and O–H groups in total. The van der Waals surface area contributed by atoms with Crippen molar-refractivity contribution in [3.05, 3.63) is 42.5 Å². The number of morpholine rings is 1. The van der Waals surface area contributed by atoms with Gasteiger partial charge in [0.05, 0.1) is 31.5 Å². The molecular formula is C16H18N2O3. The van der Waals surface area contributed by atoms with Gasteiger partial charge in [0.2, 0.25) is 0 Å². The van der Waals surface area contributed by atoms with E-state index in [-0.39, 0.29) is 18.7 Å². The highest BCUT2D eigenvalue weighted by atomic mass is 16.5. The number of amides is 2. The van der Waals surface area contributed by atoms with E-state index in [1.807, 2.05) is 42.5 Å². The summed E-state index contributed by atoms with van der Waals surface area (Å²) in [5, 5.41) is 14.2. The number of benzene rings is 2. The summed E-state index contributed by atoms with van der Waals surface area (Å²) in [7, 11) is 0. The summed E-state index contributed by atoms with van der Waals surface area (Å²) in [6.45, 7) is 1.33. The molecule has 0 aromatic heterocycles. The summed E-state index contributed by atoms with van der Waals surface area (Å²) < 4.78 is 5.36. The minimum absolute atomic E-state index is 0.0714. The fourth-order valence-electron chi connectivity index (χ4n) is 2.54. The van der Waals surface area contributed by atoms with Crippen LogP contribution < -0.4 is 5.32 Å². The fraction of sp³-hybridized carbons (Fsp3) is 0.312. The monoisotopic (exact) mass is 286 g/mol. The lowest BCUT2D eigenvalue weighted by Gasteiger charge is -2.32. The van der Waals surface area contributed by atoms with Crippen LogP contribution in [0.5, 0.6) is 0 Å². The molecule has 2 aromatic carbocycles. The molecule has 1 aliphatic heterocycles. The van der Waals surface area contributed by atoms with Gasteiger partial charge in [0.15, 0.2) is 0 Å². The first kappa shape index (κ1) is 13.9. The zero-order valence-corrected chi connectivity index (χ0v) is 11.7. The van der Waals surface area contributed by atoms with E-state index in [1.54, 1.807) is 4.90 Å². The third kappa shape index (κ3) is 2.99. The van der Waals surface area contributed by atoms with Crippen molar-refractivity contribution in [3.8, 4) is 0 Å². The Balaban J connectivity index is 1.77. The van der Waals surface area contributed by atoms with E-state index in [2.05, 4.69) is 5.32 Å². The zero-order valence-electron chi connectivity index (χ0n) is 11.7. The van der Waals surface area contributed by atoms with Crippen molar-refractivity contribution in [1.29, 1.82) is 0 Å². The predicted octanol–water partition coefficient (Wildman–Crippen LogP) is 2.06. The number of ether oxygens (including phenoxy) is 1. The first-order chi connectivity index (χ1) is 10.3. The number of hydrogen-bond acceptors (Lipinski definition) is 3. The smallest absolute Gasteiger partial charge is 0.322 e. The topological polar surface area (TPSA) is 61.8 Å². The molecule has 3 rings (SSSR count). The molecule has 1 saturated heterocycles. The molecule has 2 aromatic rings. The third-order valence-electron chi connectivity index (χ3n) is 3.66. The van der Waals surface area contributed by atoms with E-state index in [4.69, 9.17) is 9.84 Å². The average Bonchev–Trinajstić information content (AvgIpc) is 2.55. The number of urea groups is 1. The van der Waals surface area contributed by atoms with Gasteiger partial charge in [-0.05, 0) is 11.5 Å². The van der Waals surface area contributed by atoms with Crippen LogP contribution in [0.2, 0.25) is 0 Å². The van der Waals surface area contributed by atoms with Crippen LogP contribution in [-0.2, 0) is 4.74 Å². The van der Waals surface area contributed by atoms with Crippen LogP contribution in [0.15, 0.2) is 42.5 Å². The molecule has 0 aliphatic carbocycles. The van der Waals surface area contributed by atoms with Crippen LogP contribution in [-0.4, -0.2) is 48.4 Å². The SMILES string of the molecule is O=C(Nc1cccc2ccccc12)N1CCOC(CO)C1. The maximum absolute atomic E-state index is 12.4. The Morgan fingerprint density at radius 3 is 2.95 bits per heavy atom. The van der Waals surface area contributed by atoms with Crippen molar-refractivity contribution >= 4 is 22.5 Å². The molecule has 1 heterocycles. The third-order valence-corrected chi connectivity index (χ3v) is 3.66. The number of fused-ring (bicyclic) bond motifs is 1. The molecular weight excluding hydrogens is 268 g/mol. The number of aliphatic hydroxyl groups excluding tert-OH is 1. The van der Waals surface area contributed by atoms with Gasteiger partial charge >= 0.3 is 6.03 Å². The first-order valence-electron chi connectivity index (χ1n) is 7.04. The molecule has 1 aliphatic rings. The number of carbonyl (C=O) groups excluding carboxylic acids is 1. The van der Waals surface area contributed by atoms with Crippen LogP contribution in [0.3, 0.4) is 0 Å². The van der Waals surface area contributed by atoms with Crippen molar-refractivity contribution in [2.45, 2.75) is 6.10 Å². The minimum Gasteiger partial charge on any atom is -0.394 e. The molecule has 5 heteroatoms. The normalized spacial score (nSPS) is 18.7. The van der Waals surface area contributed by atoms with E-state index in [0.29, 0.717) is 19.7 Å². The van der Waals surface area contributed by atoms with Crippen molar-refractivity contribution < 1.29 is 14.6 Å². The second kappa shape index (κ2) is 6.11. The summed E-state index contributed by atoms with van der Waals surface area (Å²) in [5.41, 5.74) is 0.796. The van der Waals surface area contributed by atoms with Crippen molar-refractivity contribution in [1.82, 2.24) is 4.90 Å². The zero-order chi connectivity index (χ0) is 14.7. The number of aliphatic hydroxyl groups is 1. The summed E-state index contributed by atoms with van der Waals surface area (Å²) in [5.74, 6) is 0. The number of nitrogens with one attached hydrogen (secondary N) is 1. The lowest BCUT2D eigenvalue weighted by molar-refractivity contribution is -0.0388. The highest BCUT2D eigenvalue weighted by molar-refractivity contribution is 6.01. The van der Waals surface area contributed by atoms with E-state index < -0.39 is 0 Å². The van der Waals surface area contributed by atoms with Crippen LogP contribution in [0.1, 0.15) is 0 Å². The molecule has 1 atom stereocenters. The number of rotatable bonds is 2. The van der Waals surface area contributed by atoms with Gasteiger partial charge in [-0.15, -0.1) is 0 Å². The van der Waals surface area contributed by atoms with Gasteiger partial charge in [-0.25, -0.2) is 4.79 Å². The highest BCUT2D eigenvalue weighted by Crippen LogP contribution is 2.23. The number of carbonyl (C=O) groups is 1. The Morgan fingerprint density at radius 1 is 1.29 bits per heavy atom. The summed E-state index contributed by atoms with van der Waals surface area (Å²) in [6.07, 6.45) is -0.294. The highest BCUT2D eigenvalue weighted by Gasteiger charge is 2.23. The molecule has 21 heavy (non-hydrogen) atoms. The molecule has 1 unspecified atom stereocenters. The average molecular weight is 286 g/mol. The lowest BCUT2D eigenvalue weighted by Crippen LogP contribution is -2.48. The van der Waals surface area contributed by atoms with Crippen LogP contribution in [0.25, 0.3) is 10.8 Å². The van der Waals surface area contributed by atoms with Crippen molar-refractivity contribution in [2.24, 2.45) is 0 Å². The standard InChI is InChI=1S/C16H18N2O3/c19-11-13-10-18(8-9-21-13)16(20)17-15-7-3-5-12-4-1-2-6-14(12)15/h1-7,13,19H,8-11H2,(H,17,20). The molecule has 110 valence electrons. The second-order valence-electron chi connectivity index (χ2n) is 5.08. The first-order valence-corrected chi connectivity index (χ1v) is 7.04. The number of anilines is 1. The molecule has 1 fully saturated rings. The van der Waals surface area contributed by atoms with Crippen LogP contribution in [0.4, 0.5) is 10.5 Å². The molecule has 0 spiro atoms. The predicted molar refractivity (Wildman–Crippen MR) is 81.4 cm³/mol. The van der Waals surface area contributed by atoms with Gasteiger partial charge in [-0.2, -0.15) is 0 Å². The Labute approximate surface area is 123 Å². The number of nitrogens with zero attached hydrogens (tertiary/aromatic N) is 1. The van der Waals surface area contributed by atoms with Gasteiger partial charge in [0.25, 0.3) is 0 Å². The maximum atomic E-state index is 12.4. The maximum Gasteiger partial charge on any atom is 0.322 e. The Bertz CT molecular complexity index is 639. The van der Waals surface area contributed by atoms with Crippen LogP contribution in [0, 0.1) is 0 Å². The van der Waals surface area contributed by atoms with E-state index in [9.17, 15) is 4.79 Å². The van der Waals surface area contributed by atoms with Gasteiger partial charge < -0.3 is 20.1 Å². The van der Waals surface area contributed by atoms with E-state index >= 15 is 0 Å². The lowest BCUT2D eigenvalue weighted by atomic mass is 10.1. The number of hydrogen-bond donors (Lipinski definition) is 2. The summed E-state index contributed by atoms with van der Waals surface area (Å²) in [4.78, 5) is 14.0. The van der Waals surface area contributed by atoms with Gasteiger partial charge in [0.1, 0.15) is 0 Å². The van der Waals surface area contributed by atoms with Crippen molar-refractivity contribution in [2.75, 3.05) is 31.6 Å².